The predicted octanol–water partition coefficient (Wildman–Crippen LogP) is 4.32. The molecule has 0 fully saturated rings. The summed E-state index contributed by atoms with van der Waals surface area (Å²) < 4.78 is 5.23. The molecule has 2 aromatic carbocycles. The van der Waals surface area contributed by atoms with Crippen LogP contribution in [0, 0.1) is 0 Å². The van der Waals surface area contributed by atoms with Crippen molar-refractivity contribution in [2.75, 3.05) is 12.4 Å². The van der Waals surface area contributed by atoms with E-state index in [1.165, 1.54) is 6.21 Å². The average molecular weight is 354 g/mol. The molecule has 0 radical (unpaired) electrons. The number of methoxy groups -OCH3 is 1. The van der Waals surface area contributed by atoms with E-state index in [0.29, 0.717) is 26.5 Å². The van der Waals surface area contributed by atoms with E-state index in [2.05, 4.69) is 15.8 Å². The number of hydrogen-bond acceptors (Lipinski definition) is 3. The van der Waals surface area contributed by atoms with Gasteiger partial charge in [-0.3, -0.25) is 5.43 Å². The molecule has 0 spiro atoms. The van der Waals surface area contributed by atoms with Gasteiger partial charge in [-0.1, -0.05) is 41.4 Å². The Morgan fingerprint density at radius 2 is 1.82 bits per heavy atom. The molecule has 0 aromatic heterocycles. The van der Waals surface area contributed by atoms with Gasteiger partial charge in [0.15, 0.2) is 5.11 Å². The van der Waals surface area contributed by atoms with Gasteiger partial charge >= 0.3 is 0 Å². The van der Waals surface area contributed by atoms with Crippen molar-refractivity contribution in [1.29, 1.82) is 0 Å². The molecule has 0 aliphatic heterocycles. The Hall–Kier alpha value is -1.82. The van der Waals surface area contributed by atoms with Crippen molar-refractivity contribution in [2.45, 2.75) is 0 Å². The molecule has 0 atom stereocenters. The molecule has 4 nitrogen and oxygen atoms in total. The monoisotopic (exact) mass is 353 g/mol. The largest absolute Gasteiger partial charge is 0.495 e. The first-order valence-electron chi connectivity index (χ1n) is 6.29. The smallest absolute Gasteiger partial charge is 0.191 e. The summed E-state index contributed by atoms with van der Waals surface area (Å²) in [6.45, 7) is 0. The third kappa shape index (κ3) is 4.34. The van der Waals surface area contributed by atoms with Gasteiger partial charge in [-0.05, 0) is 36.5 Å². The maximum Gasteiger partial charge on any atom is 0.191 e. The van der Waals surface area contributed by atoms with Crippen molar-refractivity contribution in [3.63, 3.8) is 0 Å². The minimum absolute atomic E-state index is 0.323. The lowest BCUT2D eigenvalue weighted by Gasteiger charge is -2.10. The topological polar surface area (TPSA) is 45.6 Å². The highest BCUT2D eigenvalue weighted by atomic mass is 35.5. The molecule has 0 bridgehead atoms. The second-order valence-electron chi connectivity index (χ2n) is 4.16. The SMILES string of the molecule is COc1ccccc1NC(=S)NN=Cc1c(Cl)cccc1Cl. The van der Waals surface area contributed by atoms with Crippen LogP contribution in [0.25, 0.3) is 0 Å². The molecular weight excluding hydrogens is 341 g/mol. The van der Waals surface area contributed by atoms with Crippen LogP contribution in [0.5, 0.6) is 5.75 Å². The molecular formula is C15H13Cl2N3OS. The van der Waals surface area contributed by atoms with Crippen LogP contribution in [0.3, 0.4) is 0 Å². The molecule has 22 heavy (non-hydrogen) atoms. The Kier molecular flexibility index (Phi) is 6.00. The highest BCUT2D eigenvalue weighted by Crippen LogP contribution is 2.23. The van der Waals surface area contributed by atoms with Crippen molar-refractivity contribution in [1.82, 2.24) is 5.43 Å². The zero-order chi connectivity index (χ0) is 15.9. The van der Waals surface area contributed by atoms with Crippen LogP contribution in [-0.4, -0.2) is 18.4 Å². The van der Waals surface area contributed by atoms with E-state index in [-0.39, 0.29) is 0 Å². The quantitative estimate of drug-likeness (QED) is 0.488. The first kappa shape index (κ1) is 16.5. The van der Waals surface area contributed by atoms with Gasteiger partial charge in [-0.25, -0.2) is 0 Å². The van der Waals surface area contributed by atoms with Crippen LogP contribution in [0.4, 0.5) is 5.69 Å². The minimum atomic E-state index is 0.323. The maximum absolute atomic E-state index is 6.05. The molecule has 0 aliphatic carbocycles. The van der Waals surface area contributed by atoms with Crippen LogP contribution in [0.1, 0.15) is 5.56 Å². The number of nitrogens with zero attached hydrogens (tertiary/aromatic N) is 1. The number of nitrogens with one attached hydrogen (secondary N) is 2. The summed E-state index contributed by atoms with van der Waals surface area (Å²) in [6, 6.07) is 12.7. The Balaban J connectivity index is 2.00. The third-order valence-electron chi connectivity index (χ3n) is 2.71. The highest BCUT2D eigenvalue weighted by molar-refractivity contribution is 7.80. The minimum Gasteiger partial charge on any atom is -0.495 e. The average Bonchev–Trinajstić information content (AvgIpc) is 2.51. The lowest BCUT2D eigenvalue weighted by atomic mass is 10.2. The van der Waals surface area contributed by atoms with Crippen molar-refractivity contribution >= 4 is 52.4 Å². The summed E-state index contributed by atoms with van der Waals surface area (Å²) in [7, 11) is 1.59. The Morgan fingerprint density at radius 3 is 2.50 bits per heavy atom. The number of thiocarbonyl (C=S) groups is 1. The summed E-state index contributed by atoms with van der Waals surface area (Å²) in [5.41, 5.74) is 4.07. The molecule has 0 saturated carbocycles. The summed E-state index contributed by atoms with van der Waals surface area (Å²) in [4.78, 5) is 0. The third-order valence-corrected chi connectivity index (χ3v) is 3.57. The van der Waals surface area contributed by atoms with E-state index < -0.39 is 0 Å². The lowest BCUT2D eigenvalue weighted by Crippen LogP contribution is -2.24. The molecule has 7 heteroatoms. The number of hydrazone groups is 1. The molecule has 2 aromatic rings. The fourth-order valence-electron chi connectivity index (χ4n) is 1.69. The molecule has 2 rings (SSSR count). The first-order chi connectivity index (χ1) is 10.6. The van der Waals surface area contributed by atoms with Gasteiger partial charge in [0, 0.05) is 5.56 Å². The van der Waals surface area contributed by atoms with Gasteiger partial charge in [0.05, 0.1) is 29.1 Å². The molecule has 114 valence electrons. The van der Waals surface area contributed by atoms with Crippen molar-refractivity contribution in [2.24, 2.45) is 5.10 Å². The maximum atomic E-state index is 6.05. The van der Waals surface area contributed by atoms with E-state index in [1.807, 2.05) is 24.3 Å². The van der Waals surface area contributed by atoms with E-state index in [9.17, 15) is 0 Å². The van der Waals surface area contributed by atoms with Gasteiger partial charge in [0.25, 0.3) is 0 Å². The number of ether oxygens (including phenoxy) is 1. The Labute approximate surface area is 144 Å². The summed E-state index contributed by atoms with van der Waals surface area (Å²) in [5, 5.41) is 8.37. The zero-order valence-electron chi connectivity index (χ0n) is 11.6. The highest BCUT2D eigenvalue weighted by Gasteiger charge is 2.04. The Morgan fingerprint density at radius 1 is 1.14 bits per heavy atom. The normalized spacial score (nSPS) is 10.5. The van der Waals surface area contributed by atoms with Crippen molar-refractivity contribution in [3.05, 3.63) is 58.1 Å². The standard InChI is InChI=1S/C15H13Cl2N3OS/c1-21-14-8-3-2-7-13(14)19-15(22)20-18-9-10-11(16)5-4-6-12(10)17/h2-9H,1H3,(H2,19,20,22). The van der Waals surface area contributed by atoms with Crippen molar-refractivity contribution < 1.29 is 4.74 Å². The zero-order valence-corrected chi connectivity index (χ0v) is 14.0. The van der Waals surface area contributed by atoms with E-state index >= 15 is 0 Å². The fraction of sp³-hybridized carbons (Fsp3) is 0.0667. The van der Waals surface area contributed by atoms with Crippen LogP contribution in [0.2, 0.25) is 10.0 Å². The molecule has 0 aliphatic rings. The molecule has 0 heterocycles. The molecule has 0 amide bonds. The van der Waals surface area contributed by atoms with Crippen molar-refractivity contribution in [3.8, 4) is 5.75 Å². The summed E-state index contributed by atoms with van der Waals surface area (Å²) in [6.07, 6.45) is 1.51. The van der Waals surface area contributed by atoms with Crippen LogP contribution < -0.4 is 15.5 Å². The number of anilines is 1. The number of hydrogen-bond donors (Lipinski definition) is 2. The number of rotatable bonds is 4. The van der Waals surface area contributed by atoms with Gasteiger partial charge in [-0.15, -0.1) is 0 Å². The van der Waals surface area contributed by atoms with Crippen LogP contribution in [0.15, 0.2) is 47.6 Å². The summed E-state index contributed by atoms with van der Waals surface area (Å²) in [5.74, 6) is 0.685. The number of para-hydroxylation sites is 2. The van der Waals surface area contributed by atoms with Crippen LogP contribution in [-0.2, 0) is 0 Å². The van der Waals surface area contributed by atoms with E-state index in [1.54, 1.807) is 25.3 Å². The first-order valence-corrected chi connectivity index (χ1v) is 7.45. The van der Waals surface area contributed by atoms with Gasteiger partial charge < -0.3 is 10.1 Å². The number of benzene rings is 2. The molecule has 0 unspecified atom stereocenters. The van der Waals surface area contributed by atoms with E-state index in [4.69, 9.17) is 40.2 Å². The Bertz CT molecular complexity index is 687. The summed E-state index contributed by atoms with van der Waals surface area (Å²) >= 11 is 17.3. The molecule has 2 N–H and O–H groups in total. The van der Waals surface area contributed by atoms with Gasteiger partial charge in [-0.2, -0.15) is 5.10 Å². The van der Waals surface area contributed by atoms with Gasteiger partial charge in [0.1, 0.15) is 5.75 Å². The predicted molar refractivity (Wildman–Crippen MR) is 96.4 cm³/mol. The number of halogens is 2. The fourth-order valence-corrected chi connectivity index (χ4v) is 2.35. The second kappa shape index (κ2) is 7.98. The second-order valence-corrected chi connectivity index (χ2v) is 5.38. The molecule has 0 saturated heterocycles. The van der Waals surface area contributed by atoms with Crippen LogP contribution >= 0.6 is 35.4 Å². The lowest BCUT2D eigenvalue weighted by molar-refractivity contribution is 0.417. The van der Waals surface area contributed by atoms with E-state index in [0.717, 1.165) is 5.69 Å². The van der Waals surface area contributed by atoms with Gasteiger partial charge in [0.2, 0.25) is 0 Å².